The molecule has 0 aliphatic heterocycles. The van der Waals surface area contributed by atoms with Crippen LogP contribution in [0.15, 0.2) is 48.5 Å². The van der Waals surface area contributed by atoms with E-state index in [1.165, 1.54) is 11.1 Å². The van der Waals surface area contributed by atoms with Crippen molar-refractivity contribution in [1.29, 1.82) is 0 Å². The van der Waals surface area contributed by atoms with Crippen LogP contribution >= 0.6 is 0 Å². The third-order valence-electron chi connectivity index (χ3n) is 5.19. The summed E-state index contributed by atoms with van der Waals surface area (Å²) < 4.78 is 11.6. The highest BCUT2D eigenvalue weighted by Gasteiger charge is 2.00. The Bertz CT molecular complexity index is 592. The van der Waals surface area contributed by atoms with Crippen LogP contribution in [-0.2, 0) is 12.8 Å². The van der Waals surface area contributed by atoms with E-state index >= 15 is 0 Å². The number of aliphatic hydroxyl groups is 2. The van der Waals surface area contributed by atoms with Gasteiger partial charge < -0.3 is 19.7 Å². The van der Waals surface area contributed by atoms with E-state index in [0.29, 0.717) is 0 Å². The van der Waals surface area contributed by atoms with E-state index in [9.17, 15) is 0 Å². The molecule has 4 nitrogen and oxygen atoms in total. The first-order chi connectivity index (χ1) is 14.8. The molecule has 0 aliphatic carbocycles. The number of aliphatic hydroxyl groups excluding tert-OH is 2. The minimum absolute atomic E-state index is 0.285. The Morgan fingerprint density at radius 1 is 0.467 bits per heavy atom. The van der Waals surface area contributed by atoms with Crippen LogP contribution in [0.4, 0.5) is 0 Å². The fraction of sp³-hybridized carbons (Fsp3) is 0.538. The van der Waals surface area contributed by atoms with Crippen molar-refractivity contribution in [2.75, 3.05) is 26.4 Å². The lowest BCUT2D eigenvalue weighted by atomic mass is 10.0. The fourth-order valence-electron chi connectivity index (χ4n) is 3.31. The van der Waals surface area contributed by atoms with E-state index < -0.39 is 0 Å². The van der Waals surface area contributed by atoms with Crippen molar-refractivity contribution in [2.24, 2.45) is 0 Å². The van der Waals surface area contributed by atoms with Gasteiger partial charge in [-0.1, -0.05) is 37.1 Å². The largest absolute Gasteiger partial charge is 0.494 e. The zero-order valence-corrected chi connectivity index (χ0v) is 18.2. The number of hydrogen-bond acceptors (Lipinski definition) is 4. The lowest BCUT2D eigenvalue weighted by Gasteiger charge is -2.09. The second kappa shape index (κ2) is 15.8. The van der Waals surface area contributed by atoms with Crippen molar-refractivity contribution < 1.29 is 19.7 Å². The van der Waals surface area contributed by atoms with Crippen LogP contribution < -0.4 is 9.47 Å². The van der Waals surface area contributed by atoms with Gasteiger partial charge >= 0.3 is 0 Å². The zero-order valence-electron chi connectivity index (χ0n) is 18.2. The number of ether oxygens (including phenoxy) is 2. The number of hydrogen-bond donors (Lipinski definition) is 2. The summed E-state index contributed by atoms with van der Waals surface area (Å²) in [7, 11) is 0. The Morgan fingerprint density at radius 2 is 0.833 bits per heavy atom. The normalized spacial score (nSPS) is 10.9. The van der Waals surface area contributed by atoms with E-state index in [1.807, 2.05) is 0 Å². The SMILES string of the molecule is OCCCCCCOc1ccc(CCc2ccc(OCCCCCCO)cc2)cc1. The third kappa shape index (κ3) is 10.7. The second-order valence-corrected chi connectivity index (χ2v) is 7.76. The molecule has 2 N–H and O–H groups in total. The molecule has 0 atom stereocenters. The van der Waals surface area contributed by atoms with Crippen LogP contribution in [0.5, 0.6) is 11.5 Å². The van der Waals surface area contributed by atoms with Crippen LogP contribution in [0, 0.1) is 0 Å². The Balaban J connectivity index is 1.61. The molecule has 0 fully saturated rings. The number of aryl methyl sites for hydroxylation is 2. The number of benzene rings is 2. The van der Waals surface area contributed by atoms with Crippen LogP contribution in [-0.4, -0.2) is 36.6 Å². The summed E-state index contributed by atoms with van der Waals surface area (Å²) >= 11 is 0. The van der Waals surface area contributed by atoms with Gasteiger partial charge in [0.2, 0.25) is 0 Å². The van der Waals surface area contributed by atoms with Gasteiger partial charge in [-0.25, -0.2) is 0 Å². The van der Waals surface area contributed by atoms with Crippen molar-refractivity contribution in [1.82, 2.24) is 0 Å². The zero-order chi connectivity index (χ0) is 21.3. The summed E-state index contributed by atoms with van der Waals surface area (Å²) in [6.07, 6.45) is 10.2. The molecule has 0 heterocycles. The molecule has 166 valence electrons. The van der Waals surface area contributed by atoms with Gasteiger partial charge in [0.15, 0.2) is 0 Å². The van der Waals surface area contributed by atoms with Gasteiger partial charge in [-0.2, -0.15) is 0 Å². The van der Waals surface area contributed by atoms with Gasteiger partial charge in [0.1, 0.15) is 11.5 Å². The standard InChI is InChI=1S/C26H38O4/c27-19-5-1-3-7-21-29-25-15-11-23(12-16-25)9-10-24-13-17-26(18-14-24)30-22-8-4-2-6-20-28/h11-18,27-28H,1-10,19-22H2. The second-order valence-electron chi connectivity index (χ2n) is 7.76. The average Bonchev–Trinajstić information content (AvgIpc) is 2.79. The summed E-state index contributed by atoms with van der Waals surface area (Å²) in [6, 6.07) is 16.8. The molecule has 0 amide bonds. The maximum atomic E-state index is 8.77. The molecule has 0 aliphatic rings. The maximum Gasteiger partial charge on any atom is 0.119 e. The van der Waals surface area contributed by atoms with Gasteiger partial charge in [-0.05, 0) is 86.8 Å². The molecule has 0 saturated carbocycles. The highest BCUT2D eigenvalue weighted by atomic mass is 16.5. The van der Waals surface area contributed by atoms with Crippen molar-refractivity contribution in [3.05, 3.63) is 59.7 Å². The molecule has 0 unspecified atom stereocenters. The van der Waals surface area contributed by atoms with E-state index in [0.717, 1.165) is 88.9 Å². The van der Waals surface area contributed by atoms with Gasteiger partial charge in [0.05, 0.1) is 13.2 Å². The van der Waals surface area contributed by atoms with Crippen molar-refractivity contribution in [3.63, 3.8) is 0 Å². The summed E-state index contributed by atoms with van der Waals surface area (Å²) in [5.74, 6) is 1.86. The maximum absolute atomic E-state index is 8.77. The predicted molar refractivity (Wildman–Crippen MR) is 122 cm³/mol. The first-order valence-electron chi connectivity index (χ1n) is 11.5. The molecule has 2 rings (SSSR count). The van der Waals surface area contributed by atoms with Gasteiger partial charge in [0, 0.05) is 13.2 Å². The van der Waals surface area contributed by atoms with Crippen LogP contribution in [0.1, 0.15) is 62.5 Å². The van der Waals surface area contributed by atoms with Crippen molar-refractivity contribution in [2.45, 2.75) is 64.2 Å². The van der Waals surface area contributed by atoms with Gasteiger partial charge in [-0.15, -0.1) is 0 Å². The topological polar surface area (TPSA) is 58.9 Å². The Labute approximate surface area is 181 Å². The summed E-state index contributed by atoms with van der Waals surface area (Å²) in [5.41, 5.74) is 2.63. The summed E-state index contributed by atoms with van der Waals surface area (Å²) in [6.45, 7) is 2.05. The monoisotopic (exact) mass is 414 g/mol. The first-order valence-corrected chi connectivity index (χ1v) is 11.5. The molecule has 2 aromatic carbocycles. The molecule has 0 saturated heterocycles. The van der Waals surface area contributed by atoms with Crippen molar-refractivity contribution in [3.8, 4) is 11.5 Å². The van der Waals surface area contributed by atoms with E-state index in [1.54, 1.807) is 0 Å². The molecule has 0 bridgehead atoms. The Hall–Kier alpha value is -2.04. The lowest BCUT2D eigenvalue weighted by molar-refractivity contribution is 0.273. The predicted octanol–water partition coefficient (Wildman–Crippen LogP) is 5.33. The third-order valence-corrected chi connectivity index (χ3v) is 5.19. The molecule has 4 heteroatoms. The molecular formula is C26H38O4. The number of rotatable bonds is 17. The highest BCUT2D eigenvalue weighted by molar-refractivity contribution is 5.30. The Morgan fingerprint density at radius 3 is 1.20 bits per heavy atom. The first kappa shape index (κ1) is 24.2. The molecule has 0 aromatic heterocycles. The molecule has 2 aromatic rings. The van der Waals surface area contributed by atoms with Gasteiger partial charge in [-0.3, -0.25) is 0 Å². The van der Waals surface area contributed by atoms with Crippen LogP contribution in [0.25, 0.3) is 0 Å². The van der Waals surface area contributed by atoms with Crippen LogP contribution in [0.3, 0.4) is 0 Å². The average molecular weight is 415 g/mol. The fourth-order valence-corrected chi connectivity index (χ4v) is 3.31. The summed E-state index contributed by atoms with van der Waals surface area (Å²) in [4.78, 5) is 0. The van der Waals surface area contributed by atoms with Crippen molar-refractivity contribution >= 4 is 0 Å². The molecular weight excluding hydrogens is 376 g/mol. The van der Waals surface area contributed by atoms with Crippen LogP contribution in [0.2, 0.25) is 0 Å². The Kier molecular flexibility index (Phi) is 12.7. The smallest absolute Gasteiger partial charge is 0.119 e. The highest BCUT2D eigenvalue weighted by Crippen LogP contribution is 2.17. The molecule has 0 spiro atoms. The number of unbranched alkanes of at least 4 members (excludes halogenated alkanes) is 6. The van der Waals surface area contributed by atoms with E-state index in [4.69, 9.17) is 19.7 Å². The van der Waals surface area contributed by atoms with E-state index in [2.05, 4.69) is 48.5 Å². The minimum Gasteiger partial charge on any atom is -0.494 e. The minimum atomic E-state index is 0.285. The lowest BCUT2D eigenvalue weighted by Crippen LogP contribution is -1.99. The quantitative estimate of drug-likeness (QED) is 0.343. The molecule has 30 heavy (non-hydrogen) atoms. The van der Waals surface area contributed by atoms with E-state index in [-0.39, 0.29) is 13.2 Å². The molecule has 0 radical (unpaired) electrons. The summed E-state index contributed by atoms with van der Waals surface area (Å²) in [5, 5.41) is 17.5. The van der Waals surface area contributed by atoms with Gasteiger partial charge in [0.25, 0.3) is 0 Å².